The number of anilines is 2. The van der Waals surface area contributed by atoms with Crippen LogP contribution in [0.2, 0.25) is 0 Å². The Balaban J connectivity index is 1.40. The minimum Gasteiger partial charge on any atom is -0.313 e. The van der Waals surface area contributed by atoms with Crippen molar-refractivity contribution in [3.8, 4) is 0 Å². The molecule has 2 N–H and O–H groups in total. The molecule has 0 atom stereocenters. The monoisotopic (exact) mass is 425 g/mol. The molecule has 1 aliphatic rings. The molecule has 1 aromatic heterocycles. The van der Waals surface area contributed by atoms with Crippen molar-refractivity contribution in [1.82, 2.24) is 0 Å². The van der Waals surface area contributed by atoms with E-state index in [2.05, 4.69) is 40.1 Å². The van der Waals surface area contributed by atoms with Crippen LogP contribution in [-0.2, 0) is 12.8 Å². The van der Waals surface area contributed by atoms with E-state index in [1.165, 1.54) is 34.1 Å². The van der Waals surface area contributed by atoms with Gasteiger partial charge in [0, 0.05) is 16.0 Å². The number of nitrogens with one attached hydrogen (secondary N) is 2. The second-order valence-electron chi connectivity index (χ2n) is 7.71. The van der Waals surface area contributed by atoms with E-state index in [0.29, 0.717) is 5.56 Å². The summed E-state index contributed by atoms with van der Waals surface area (Å²) in [7, 11) is 0. The van der Waals surface area contributed by atoms with Gasteiger partial charge >= 0.3 is 0 Å². The highest BCUT2D eigenvalue weighted by Crippen LogP contribution is 2.37. The zero-order valence-corrected chi connectivity index (χ0v) is 17.9. The first-order chi connectivity index (χ1) is 15.3. The topological polar surface area (TPSA) is 53.5 Å². The zero-order valence-electron chi connectivity index (χ0n) is 17.1. The van der Waals surface area contributed by atoms with Crippen molar-refractivity contribution in [3.05, 3.63) is 94.4 Å². The Kier molecular flexibility index (Phi) is 5.50. The van der Waals surface area contributed by atoms with E-state index in [0.717, 1.165) is 29.1 Å². The largest absolute Gasteiger partial charge is 0.313 e. The third kappa shape index (κ3) is 4.23. The Labute approximate surface area is 185 Å². The maximum absolute atomic E-state index is 12.7. The maximum atomic E-state index is 12.7. The van der Waals surface area contributed by atoms with Gasteiger partial charge in [-0.25, -0.2) is 0 Å². The lowest BCUT2D eigenvalue weighted by atomic mass is 9.96. The highest BCUT2D eigenvalue weighted by molar-refractivity contribution is 7.17. The number of fused-ring (bicyclic) bond motifs is 2. The van der Waals surface area contributed by atoms with Crippen molar-refractivity contribution in [1.29, 1.82) is 0 Å². The van der Waals surface area contributed by atoms with E-state index in [1.807, 2.05) is 54.7 Å². The molecule has 0 spiro atoms. The van der Waals surface area contributed by atoms with E-state index in [-0.39, 0.29) is 5.91 Å². The van der Waals surface area contributed by atoms with Crippen LogP contribution < -0.4 is 10.7 Å². The maximum Gasteiger partial charge on any atom is 0.256 e. The summed E-state index contributed by atoms with van der Waals surface area (Å²) in [6, 6.07) is 23.8. The smallest absolute Gasteiger partial charge is 0.256 e. The average Bonchev–Trinajstić information content (AvgIpc) is 3.16. The standard InChI is InChI=1S/C26H23N3OS/c30-25(19-9-2-1-3-10-19)28-26-23(22-12-6-7-13-24(22)31-26)17-27-29-21-15-14-18-8-4-5-11-20(18)16-21/h1-5,8-11,14-17,29H,6-7,12-13H2,(H,28,30)/b27-17-. The van der Waals surface area contributed by atoms with E-state index < -0.39 is 0 Å². The minimum absolute atomic E-state index is 0.0867. The summed E-state index contributed by atoms with van der Waals surface area (Å²) in [6.45, 7) is 0. The van der Waals surface area contributed by atoms with Gasteiger partial charge in [0.25, 0.3) is 5.91 Å². The number of aryl methyl sites for hydroxylation is 1. The number of benzene rings is 3. The fraction of sp³-hybridized carbons (Fsp3) is 0.154. The van der Waals surface area contributed by atoms with Crippen LogP contribution in [-0.4, -0.2) is 12.1 Å². The van der Waals surface area contributed by atoms with E-state index in [4.69, 9.17) is 0 Å². The molecule has 5 heteroatoms. The van der Waals surface area contributed by atoms with Crippen LogP contribution in [0.15, 0.2) is 77.9 Å². The summed E-state index contributed by atoms with van der Waals surface area (Å²) < 4.78 is 0. The summed E-state index contributed by atoms with van der Waals surface area (Å²) >= 11 is 1.68. The average molecular weight is 426 g/mol. The number of thiophene rings is 1. The molecule has 0 saturated carbocycles. The highest BCUT2D eigenvalue weighted by Gasteiger charge is 2.21. The fourth-order valence-corrected chi connectivity index (χ4v) is 5.27. The van der Waals surface area contributed by atoms with Crippen LogP contribution in [0.5, 0.6) is 0 Å². The Hall–Kier alpha value is -3.44. The van der Waals surface area contributed by atoms with Crippen molar-refractivity contribution in [2.45, 2.75) is 25.7 Å². The van der Waals surface area contributed by atoms with E-state index in [1.54, 1.807) is 11.3 Å². The number of carbonyl (C=O) groups is 1. The molecule has 0 saturated heterocycles. The van der Waals surface area contributed by atoms with Crippen molar-refractivity contribution in [2.24, 2.45) is 5.10 Å². The van der Waals surface area contributed by atoms with Gasteiger partial charge in [-0.3, -0.25) is 10.2 Å². The summed E-state index contributed by atoms with van der Waals surface area (Å²) in [5.41, 5.74) is 7.10. The molecular weight excluding hydrogens is 402 g/mol. The first kappa shape index (κ1) is 19.5. The molecule has 3 aromatic carbocycles. The molecule has 0 bridgehead atoms. The first-order valence-corrected chi connectivity index (χ1v) is 11.4. The zero-order chi connectivity index (χ0) is 21.0. The first-order valence-electron chi connectivity index (χ1n) is 10.6. The predicted octanol–water partition coefficient (Wildman–Crippen LogP) is 6.48. The molecule has 1 amide bonds. The third-order valence-electron chi connectivity index (χ3n) is 5.61. The van der Waals surface area contributed by atoms with E-state index in [9.17, 15) is 4.79 Å². The third-order valence-corrected chi connectivity index (χ3v) is 6.84. The van der Waals surface area contributed by atoms with Gasteiger partial charge in [0.05, 0.1) is 11.9 Å². The summed E-state index contributed by atoms with van der Waals surface area (Å²) in [5.74, 6) is -0.0867. The Morgan fingerprint density at radius 2 is 1.68 bits per heavy atom. The van der Waals surface area contributed by atoms with Crippen molar-refractivity contribution in [2.75, 3.05) is 10.7 Å². The molecular formula is C26H23N3OS. The second kappa shape index (κ2) is 8.74. The van der Waals surface area contributed by atoms with Gasteiger partial charge in [-0.1, -0.05) is 48.5 Å². The molecule has 0 radical (unpaired) electrons. The van der Waals surface area contributed by atoms with Gasteiger partial charge < -0.3 is 5.32 Å². The number of amides is 1. The Morgan fingerprint density at radius 1 is 0.903 bits per heavy atom. The molecule has 4 nitrogen and oxygen atoms in total. The van der Waals surface area contributed by atoms with Crippen molar-refractivity contribution < 1.29 is 4.79 Å². The summed E-state index contributed by atoms with van der Waals surface area (Å²) in [5, 5.41) is 10.9. The number of nitrogens with zero attached hydrogens (tertiary/aromatic N) is 1. The Morgan fingerprint density at radius 3 is 2.55 bits per heavy atom. The molecule has 0 unspecified atom stereocenters. The minimum atomic E-state index is -0.0867. The molecule has 0 fully saturated rings. The number of hydrogen-bond donors (Lipinski definition) is 2. The number of carbonyl (C=O) groups excluding carboxylic acids is 1. The van der Waals surface area contributed by atoms with E-state index >= 15 is 0 Å². The van der Waals surface area contributed by atoms with Gasteiger partial charge in [0.1, 0.15) is 5.00 Å². The van der Waals surface area contributed by atoms with Crippen molar-refractivity contribution >= 4 is 44.9 Å². The number of rotatable bonds is 5. The van der Waals surface area contributed by atoms with Gasteiger partial charge in [0.15, 0.2) is 0 Å². The van der Waals surface area contributed by atoms with Gasteiger partial charge in [0.2, 0.25) is 0 Å². The van der Waals surface area contributed by atoms with Gasteiger partial charge in [-0.15, -0.1) is 11.3 Å². The normalized spacial score (nSPS) is 13.3. The predicted molar refractivity (Wildman–Crippen MR) is 131 cm³/mol. The van der Waals surface area contributed by atoms with Crippen LogP contribution in [0.4, 0.5) is 10.7 Å². The summed E-state index contributed by atoms with van der Waals surface area (Å²) in [4.78, 5) is 14.1. The molecule has 1 aliphatic carbocycles. The second-order valence-corrected chi connectivity index (χ2v) is 8.81. The van der Waals surface area contributed by atoms with Gasteiger partial charge in [-0.05, 0) is 66.3 Å². The van der Waals surface area contributed by atoms with Crippen molar-refractivity contribution in [3.63, 3.8) is 0 Å². The van der Waals surface area contributed by atoms with Crippen LogP contribution in [0.3, 0.4) is 0 Å². The Bertz CT molecular complexity index is 1260. The quantitative estimate of drug-likeness (QED) is 0.284. The van der Waals surface area contributed by atoms with Gasteiger partial charge in [-0.2, -0.15) is 5.10 Å². The lowest BCUT2D eigenvalue weighted by Gasteiger charge is -2.11. The summed E-state index contributed by atoms with van der Waals surface area (Å²) in [6.07, 6.45) is 6.33. The molecule has 1 heterocycles. The lowest BCUT2D eigenvalue weighted by molar-refractivity contribution is 0.102. The van der Waals surface area contributed by atoms with Crippen LogP contribution in [0.25, 0.3) is 10.8 Å². The van der Waals surface area contributed by atoms with Crippen LogP contribution in [0, 0.1) is 0 Å². The molecule has 154 valence electrons. The van der Waals surface area contributed by atoms with Crippen LogP contribution >= 0.6 is 11.3 Å². The lowest BCUT2D eigenvalue weighted by Crippen LogP contribution is -2.12. The molecule has 5 rings (SSSR count). The molecule has 4 aromatic rings. The number of hydrogen-bond acceptors (Lipinski definition) is 4. The van der Waals surface area contributed by atoms with Crippen LogP contribution in [0.1, 0.15) is 39.2 Å². The molecule has 31 heavy (non-hydrogen) atoms. The molecule has 0 aliphatic heterocycles. The fourth-order valence-electron chi connectivity index (χ4n) is 4.01. The highest BCUT2D eigenvalue weighted by atomic mass is 32.1. The number of hydrazone groups is 1. The SMILES string of the molecule is O=C(Nc1sc2c(c1/C=N\Nc1ccc3ccccc3c1)CCCC2)c1ccccc1.